The van der Waals surface area contributed by atoms with Gasteiger partial charge in [-0.3, -0.25) is 4.98 Å². The molecule has 0 saturated carbocycles. The number of benzene rings is 1. The van der Waals surface area contributed by atoms with Crippen molar-refractivity contribution >= 4 is 0 Å². The van der Waals surface area contributed by atoms with Crippen molar-refractivity contribution in [1.82, 2.24) is 4.98 Å². The van der Waals surface area contributed by atoms with E-state index >= 15 is 0 Å². The van der Waals surface area contributed by atoms with Gasteiger partial charge in [0.15, 0.2) is 0 Å². The Bertz CT molecular complexity index is 641. The number of aryl methyl sites for hydroxylation is 1. The van der Waals surface area contributed by atoms with Crippen molar-refractivity contribution in [3.63, 3.8) is 0 Å². The van der Waals surface area contributed by atoms with Crippen LogP contribution in [0, 0.1) is 18.3 Å². The predicted octanol–water partition coefficient (Wildman–Crippen LogP) is 4.42. The molecule has 1 aromatic heterocycles. The molecule has 0 aliphatic carbocycles. The average molecular weight is 264 g/mol. The largest absolute Gasteiger partial charge is 0.253 e. The molecular weight excluding hydrogens is 244 g/mol. The number of nitriles is 1. The second-order valence-electron chi connectivity index (χ2n) is 6.10. The molecule has 0 radical (unpaired) electrons. The molecule has 2 nitrogen and oxygen atoms in total. The lowest BCUT2D eigenvalue weighted by Gasteiger charge is -2.19. The summed E-state index contributed by atoms with van der Waals surface area (Å²) in [5.74, 6) is 0. The normalized spacial score (nSPS) is 11.2. The Kier molecular flexibility index (Phi) is 3.90. The second kappa shape index (κ2) is 5.46. The third-order valence-corrected chi connectivity index (χ3v) is 3.51. The van der Waals surface area contributed by atoms with Crippen molar-refractivity contribution in [1.29, 1.82) is 5.26 Å². The SMILES string of the molecule is Cc1nc(-c2ccc(C(C)(C)C)cc2)ccc1CC#N. The van der Waals surface area contributed by atoms with Gasteiger partial charge in [-0.25, -0.2) is 0 Å². The fraction of sp³-hybridized carbons (Fsp3) is 0.333. The van der Waals surface area contributed by atoms with Gasteiger partial charge in [0.05, 0.1) is 18.2 Å². The van der Waals surface area contributed by atoms with E-state index in [1.165, 1.54) is 5.56 Å². The van der Waals surface area contributed by atoms with E-state index in [1.54, 1.807) is 0 Å². The van der Waals surface area contributed by atoms with Crippen LogP contribution in [0.1, 0.15) is 37.6 Å². The molecule has 0 atom stereocenters. The molecule has 0 saturated heterocycles. The van der Waals surface area contributed by atoms with Gasteiger partial charge in [0, 0.05) is 11.3 Å². The smallest absolute Gasteiger partial charge is 0.0705 e. The van der Waals surface area contributed by atoms with E-state index in [1.807, 2.05) is 19.1 Å². The maximum Gasteiger partial charge on any atom is 0.0705 e. The van der Waals surface area contributed by atoms with Gasteiger partial charge in [-0.05, 0) is 29.5 Å². The summed E-state index contributed by atoms with van der Waals surface area (Å²) in [7, 11) is 0. The summed E-state index contributed by atoms with van der Waals surface area (Å²) in [6, 6.07) is 14.7. The van der Waals surface area contributed by atoms with E-state index in [-0.39, 0.29) is 5.41 Å². The Morgan fingerprint density at radius 3 is 2.20 bits per heavy atom. The molecule has 2 rings (SSSR count). The van der Waals surface area contributed by atoms with E-state index in [4.69, 9.17) is 5.26 Å². The van der Waals surface area contributed by atoms with Gasteiger partial charge in [-0.15, -0.1) is 0 Å². The van der Waals surface area contributed by atoms with Gasteiger partial charge in [0.1, 0.15) is 0 Å². The molecule has 0 N–H and O–H groups in total. The minimum atomic E-state index is 0.165. The summed E-state index contributed by atoms with van der Waals surface area (Å²) in [5, 5.41) is 8.76. The molecule has 0 unspecified atom stereocenters. The fourth-order valence-corrected chi connectivity index (χ4v) is 2.16. The van der Waals surface area contributed by atoms with Crippen LogP contribution in [0.2, 0.25) is 0 Å². The Hall–Kier alpha value is -2.14. The van der Waals surface area contributed by atoms with Crippen molar-refractivity contribution in [2.24, 2.45) is 0 Å². The van der Waals surface area contributed by atoms with Crippen LogP contribution in [-0.2, 0) is 11.8 Å². The van der Waals surface area contributed by atoms with Crippen LogP contribution >= 0.6 is 0 Å². The number of aromatic nitrogens is 1. The number of nitrogens with zero attached hydrogens (tertiary/aromatic N) is 2. The molecule has 0 bridgehead atoms. The lowest BCUT2D eigenvalue weighted by atomic mass is 9.86. The molecule has 1 heterocycles. The minimum absolute atomic E-state index is 0.165. The maximum atomic E-state index is 8.76. The van der Waals surface area contributed by atoms with Crippen molar-refractivity contribution in [2.75, 3.05) is 0 Å². The third-order valence-electron chi connectivity index (χ3n) is 3.51. The van der Waals surface area contributed by atoms with Gasteiger partial charge in [0.2, 0.25) is 0 Å². The highest BCUT2D eigenvalue weighted by Crippen LogP contribution is 2.25. The monoisotopic (exact) mass is 264 g/mol. The highest BCUT2D eigenvalue weighted by molar-refractivity contribution is 5.60. The topological polar surface area (TPSA) is 36.7 Å². The quantitative estimate of drug-likeness (QED) is 0.805. The lowest BCUT2D eigenvalue weighted by Crippen LogP contribution is -2.10. The first-order chi connectivity index (χ1) is 9.41. The molecule has 102 valence electrons. The first-order valence-corrected chi connectivity index (χ1v) is 6.86. The number of hydrogen-bond donors (Lipinski definition) is 0. The van der Waals surface area contributed by atoms with E-state index in [2.05, 4.69) is 56.1 Å². The second-order valence-corrected chi connectivity index (χ2v) is 6.10. The van der Waals surface area contributed by atoms with Crippen molar-refractivity contribution in [3.8, 4) is 17.3 Å². The maximum absolute atomic E-state index is 8.76. The van der Waals surface area contributed by atoms with Gasteiger partial charge < -0.3 is 0 Å². The van der Waals surface area contributed by atoms with Gasteiger partial charge in [-0.2, -0.15) is 5.26 Å². The van der Waals surface area contributed by atoms with Crippen molar-refractivity contribution in [2.45, 2.75) is 39.5 Å². The van der Waals surface area contributed by atoms with Crippen molar-refractivity contribution in [3.05, 3.63) is 53.2 Å². The molecule has 0 fully saturated rings. The molecule has 0 amide bonds. The molecular formula is C18H20N2. The Labute approximate surface area is 121 Å². The molecule has 0 aliphatic heterocycles. The summed E-state index contributed by atoms with van der Waals surface area (Å²) >= 11 is 0. The van der Waals surface area contributed by atoms with Crippen LogP contribution in [-0.4, -0.2) is 4.98 Å². The summed E-state index contributed by atoms with van der Waals surface area (Å²) < 4.78 is 0. The molecule has 0 aliphatic rings. The summed E-state index contributed by atoms with van der Waals surface area (Å²) in [6.45, 7) is 8.59. The van der Waals surface area contributed by atoms with E-state index < -0.39 is 0 Å². The first kappa shape index (κ1) is 14.3. The predicted molar refractivity (Wildman–Crippen MR) is 82.4 cm³/mol. The minimum Gasteiger partial charge on any atom is -0.253 e. The standard InChI is InChI=1S/C18H20N2/c1-13-14(11-12-19)7-10-17(20-13)15-5-8-16(9-6-15)18(2,3)4/h5-10H,11H2,1-4H3. The molecule has 2 heteroatoms. The van der Waals surface area contributed by atoms with Crippen LogP contribution < -0.4 is 0 Å². The van der Waals surface area contributed by atoms with E-state index in [9.17, 15) is 0 Å². The molecule has 20 heavy (non-hydrogen) atoms. The molecule has 1 aromatic carbocycles. The molecule has 0 spiro atoms. The molecule has 2 aromatic rings. The zero-order chi connectivity index (χ0) is 14.8. The Balaban J connectivity index is 2.33. The Morgan fingerprint density at radius 2 is 1.70 bits per heavy atom. The number of rotatable bonds is 2. The van der Waals surface area contributed by atoms with Gasteiger partial charge in [0.25, 0.3) is 0 Å². The zero-order valence-corrected chi connectivity index (χ0v) is 12.6. The van der Waals surface area contributed by atoms with Crippen LogP contribution in [0.4, 0.5) is 0 Å². The van der Waals surface area contributed by atoms with E-state index in [0.717, 1.165) is 22.5 Å². The summed E-state index contributed by atoms with van der Waals surface area (Å²) in [5.41, 5.74) is 5.50. The highest BCUT2D eigenvalue weighted by atomic mass is 14.7. The lowest BCUT2D eigenvalue weighted by molar-refractivity contribution is 0.590. The van der Waals surface area contributed by atoms with Gasteiger partial charge >= 0.3 is 0 Å². The average Bonchev–Trinajstić information content (AvgIpc) is 2.40. The van der Waals surface area contributed by atoms with Crippen LogP contribution in [0.3, 0.4) is 0 Å². The van der Waals surface area contributed by atoms with Gasteiger partial charge in [-0.1, -0.05) is 51.1 Å². The number of pyridine rings is 1. The summed E-state index contributed by atoms with van der Waals surface area (Å²) in [6.07, 6.45) is 0.419. The van der Waals surface area contributed by atoms with Crippen molar-refractivity contribution < 1.29 is 0 Å². The summed E-state index contributed by atoms with van der Waals surface area (Å²) in [4.78, 5) is 4.60. The zero-order valence-electron chi connectivity index (χ0n) is 12.6. The first-order valence-electron chi connectivity index (χ1n) is 6.86. The fourth-order valence-electron chi connectivity index (χ4n) is 2.16. The van der Waals surface area contributed by atoms with Crippen LogP contribution in [0.15, 0.2) is 36.4 Å². The highest BCUT2D eigenvalue weighted by Gasteiger charge is 2.13. The Morgan fingerprint density at radius 1 is 1.05 bits per heavy atom. The van der Waals surface area contributed by atoms with Crippen LogP contribution in [0.5, 0.6) is 0 Å². The third kappa shape index (κ3) is 3.05. The van der Waals surface area contributed by atoms with E-state index in [0.29, 0.717) is 6.42 Å². The van der Waals surface area contributed by atoms with Crippen LogP contribution in [0.25, 0.3) is 11.3 Å². The number of hydrogen-bond acceptors (Lipinski definition) is 2.